The Morgan fingerprint density at radius 1 is 1.45 bits per heavy atom. The molecule has 20 heavy (non-hydrogen) atoms. The zero-order chi connectivity index (χ0) is 14.1. The molecule has 0 unspecified atom stereocenters. The second kappa shape index (κ2) is 5.50. The highest BCUT2D eigenvalue weighted by Crippen LogP contribution is 2.26. The summed E-state index contributed by atoms with van der Waals surface area (Å²) in [5, 5.41) is 3.54. The summed E-state index contributed by atoms with van der Waals surface area (Å²) >= 11 is 0. The lowest BCUT2D eigenvalue weighted by atomic mass is 9.94. The third-order valence-electron chi connectivity index (χ3n) is 4.41. The van der Waals surface area contributed by atoms with Crippen molar-refractivity contribution >= 4 is 5.91 Å². The van der Waals surface area contributed by atoms with Gasteiger partial charge in [-0.2, -0.15) is 0 Å². The Labute approximate surface area is 118 Å². The number of nitrogens with zero attached hydrogens (tertiary/aromatic N) is 1. The summed E-state index contributed by atoms with van der Waals surface area (Å²) in [6.07, 6.45) is 2.49. The van der Waals surface area contributed by atoms with Gasteiger partial charge in [0, 0.05) is 36.8 Å². The van der Waals surface area contributed by atoms with E-state index in [0.717, 1.165) is 19.6 Å². The van der Waals surface area contributed by atoms with Crippen LogP contribution in [0.1, 0.15) is 28.8 Å². The molecule has 3 N–H and O–H groups in total. The van der Waals surface area contributed by atoms with E-state index in [1.165, 1.54) is 18.9 Å². The molecular formula is C15H20FN3O. The first-order valence-electron chi connectivity index (χ1n) is 7.17. The standard InChI is InChI=1S/C15H20FN3O/c16-13-6-10(15(17)20)3-4-11(13)7-19-8-12-2-1-5-18-14(12)9-19/h3-4,6,12,14,18H,1-2,5,7-9H2,(H2,17,20)/t12-,14+/m0/s1. The number of amides is 1. The molecule has 0 radical (unpaired) electrons. The van der Waals surface area contributed by atoms with Crippen molar-refractivity contribution in [3.63, 3.8) is 0 Å². The first-order valence-corrected chi connectivity index (χ1v) is 7.17. The van der Waals surface area contributed by atoms with Gasteiger partial charge < -0.3 is 11.1 Å². The highest BCUT2D eigenvalue weighted by Gasteiger charge is 2.34. The molecule has 0 aromatic heterocycles. The van der Waals surface area contributed by atoms with Gasteiger partial charge in [-0.1, -0.05) is 6.07 Å². The summed E-state index contributed by atoms with van der Waals surface area (Å²) in [7, 11) is 0. The van der Waals surface area contributed by atoms with Gasteiger partial charge in [-0.15, -0.1) is 0 Å². The minimum absolute atomic E-state index is 0.225. The van der Waals surface area contributed by atoms with Crippen LogP contribution in [0.3, 0.4) is 0 Å². The summed E-state index contributed by atoms with van der Waals surface area (Å²) < 4.78 is 14.0. The Morgan fingerprint density at radius 3 is 3.00 bits per heavy atom. The maximum absolute atomic E-state index is 14.0. The smallest absolute Gasteiger partial charge is 0.248 e. The maximum atomic E-state index is 14.0. The lowest BCUT2D eigenvalue weighted by Gasteiger charge is -2.24. The van der Waals surface area contributed by atoms with Crippen LogP contribution in [0, 0.1) is 11.7 Å². The minimum Gasteiger partial charge on any atom is -0.366 e. The second-order valence-electron chi connectivity index (χ2n) is 5.83. The van der Waals surface area contributed by atoms with E-state index < -0.39 is 5.91 Å². The number of piperidine rings is 1. The molecule has 3 rings (SSSR count). The summed E-state index contributed by atoms with van der Waals surface area (Å²) in [5.74, 6) is -0.243. The summed E-state index contributed by atoms with van der Waals surface area (Å²) in [5.41, 5.74) is 6.01. The normalized spacial score (nSPS) is 26.4. The van der Waals surface area contributed by atoms with E-state index in [4.69, 9.17) is 5.73 Å². The largest absolute Gasteiger partial charge is 0.366 e. The Balaban J connectivity index is 1.68. The van der Waals surface area contributed by atoms with Gasteiger partial charge in [0.1, 0.15) is 5.82 Å². The lowest BCUT2D eigenvalue weighted by molar-refractivity contribution is 0.1000. The van der Waals surface area contributed by atoms with Crippen LogP contribution < -0.4 is 11.1 Å². The van der Waals surface area contributed by atoms with E-state index in [-0.39, 0.29) is 11.4 Å². The number of nitrogens with one attached hydrogen (secondary N) is 1. The third-order valence-corrected chi connectivity index (χ3v) is 4.41. The van der Waals surface area contributed by atoms with Crippen molar-refractivity contribution in [2.24, 2.45) is 11.7 Å². The van der Waals surface area contributed by atoms with E-state index in [2.05, 4.69) is 10.2 Å². The van der Waals surface area contributed by atoms with Crippen molar-refractivity contribution in [2.45, 2.75) is 25.4 Å². The number of rotatable bonds is 3. The van der Waals surface area contributed by atoms with Crippen molar-refractivity contribution in [2.75, 3.05) is 19.6 Å². The number of hydrogen-bond acceptors (Lipinski definition) is 3. The molecule has 4 nitrogen and oxygen atoms in total. The molecule has 1 aromatic rings. The molecule has 5 heteroatoms. The number of fused-ring (bicyclic) bond motifs is 1. The molecule has 2 aliphatic heterocycles. The highest BCUT2D eigenvalue weighted by atomic mass is 19.1. The SMILES string of the molecule is NC(=O)c1ccc(CN2C[C@@H]3CCCN[C@@H]3C2)c(F)c1. The van der Waals surface area contributed by atoms with Crippen molar-refractivity contribution < 1.29 is 9.18 Å². The molecule has 0 bridgehead atoms. The first-order chi connectivity index (χ1) is 9.63. The molecule has 2 fully saturated rings. The van der Waals surface area contributed by atoms with Gasteiger partial charge in [-0.05, 0) is 37.4 Å². The number of likely N-dealkylation sites (tertiary alicyclic amines) is 1. The first kappa shape index (κ1) is 13.5. The van der Waals surface area contributed by atoms with E-state index >= 15 is 0 Å². The minimum atomic E-state index is -0.591. The molecular weight excluding hydrogens is 257 g/mol. The Morgan fingerprint density at radius 2 is 2.30 bits per heavy atom. The van der Waals surface area contributed by atoms with Crippen LogP contribution in [0.4, 0.5) is 4.39 Å². The van der Waals surface area contributed by atoms with Gasteiger partial charge in [0.2, 0.25) is 5.91 Å². The zero-order valence-corrected chi connectivity index (χ0v) is 11.4. The van der Waals surface area contributed by atoms with Crippen molar-refractivity contribution in [1.82, 2.24) is 10.2 Å². The van der Waals surface area contributed by atoms with Crippen LogP contribution in [0.15, 0.2) is 18.2 Å². The van der Waals surface area contributed by atoms with Crippen molar-refractivity contribution in [1.29, 1.82) is 0 Å². The monoisotopic (exact) mass is 277 g/mol. The fraction of sp³-hybridized carbons (Fsp3) is 0.533. The number of carbonyl (C=O) groups excluding carboxylic acids is 1. The van der Waals surface area contributed by atoms with E-state index in [0.29, 0.717) is 24.1 Å². The van der Waals surface area contributed by atoms with Crippen LogP contribution in [0.5, 0.6) is 0 Å². The third kappa shape index (κ3) is 2.69. The van der Waals surface area contributed by atoms with E-state index in [1.54, 1.807) is 12.1 Å². The van der Waals surface area contributed by atoms with Crippen LogP contribution >= 0.6 is 0 Å². The van der Waals surface area contributed by atoms with Crippen molar-refractivity contribution in [3.05, 3.63) is 35.1 Å². The average Bonchev–Trinajstić information content (AvgIpc) is 2.83. The van der Waals surface area contributed by atoms with Gasteiger partial charge in [-0.25, -0.2) is 4.39 Å². The molecule has 2 heterocycles. The Bertz CT molecular complexity index is 506. The topological polar surface area (TPSA) is 58.4 Å². The maximum Gasteiger partial charge on any atom is 0.248 e. The Hall–Kier alpha value is -1.46. The molecule has 0 saturated carbocycles. The number of benzene rings is 1. The molecule has 2 atom stereocenters. The molecule has 1 amide bonds. The number of hydrogen-bond donors (Lipinski definition) is 2. The van der Waals surface area contributed by atoms with E-state index in [9.17, 15) is 9.18 Å². The molecule has 0 spiro atoms. The number of halogens is 1. The lowest BCUT2D eigenvalue weighted by Crippen LogP contribution is -2.40. The summed E-state index contributed by atoms with van der Waals surface area (Å²) in [6.45, 7) is 3.69. The predicted octanol–water partition coefficient (Wildman–Crippen LogP) is 1.11. The summed E-state index contributed by atoms with van der Waals surface area (Å²) in [6, 6.07) is 5.06. The van der Waals surface area contributed by atoms with Crippen molar-refractivity contribution in [3.8, 4) is 0 Å². The van der Waals surface area contributed by atoms with E-state index in [1.807, 2.05) is 0 Å². The zero-order valence-electron chi connectivity index (χ0n) is 11.4. The molecule has 2 aliphatic rings. The molecule has 1 aromatic carbocycles. The summed E-state index contributed by atoms with van der Waals surface area (Å²) in [4.78, 5) is 13.3. The fourth-order valence-electron chi connectivity index (χ4n) is 3.33. The quantitative estimate of drug-likeness (QED) is 0.870. The number of primary amides is 1. The van der Waals surface area contributed by atoms with Gasteiger partial charge in [-0.3, -0.25) is 9.69 Å². The highest BCUT2D eigenvalue weighted by molar-refractivity contribution is 5.92. The number of carbonyl (C=O) groups is 1. The predicted molar refractivity (Wildman–Crippen MR) is 74.7 cm³/mol. The van der Waals surface area contributed by atoms with Gasteiger partial charge >= 0.3 is 0 Å². The fourth-order valence-corrected chi connectivity index (χ4v) is 3.33. The molecule has 2 saturated heterocycles. The Kier molecular flexibility index (Phi) is 3.72. The van der Waals surface area contributed by atoms with Gasteiger partial charge in [0.25, 0.3) is 0 Å². The van der Waals surface area contributed by atoms with Crippen LogP contribution in [-0.2, 0) is 6.54 Å². The second-order valence-corrected chi connectivity index (χ2v) is 5.83. The van der Waals surface area contributed by atoms with Crippen LogP contribution in [0.2, 0.25) is 0 Å². The van der Waals surface area contributed by atoms with Crippen LogP contribution in [-0.4, -0.2) is 36.5 Å². The molecule has 0 aliphatic carbocycles. The van der Waals surface area contributed by atoms with Gasteiger partial charge in [0.05, 0.1) is 0 Å². The molecule has 108 valence electrons. The van der Waals surface area contributed by atoms with Crippen LogP contribution in [0.25, 0.3) is 0 Å². The van der Waals surface area contributed by atoms with Gasteiger partial charge in [0.15, 0.2) is 0 Å². The average molecular weight is 277 g/mol. The number of nitrogens with two attached hydrogens (primary N) is 1.